The first-order valence-electron chi connectivity index (χ1n) is 2.44. The molecule has 1 unspecified atom stereocenters. The fourth-order valence-corrected chi connectivity index (χ4v) is 0.303. The maximum atomic E-state index is 11.8. The van der Waals surface area contributed by atoms with Crippen LogP contribution in [-0.2, 0) is 4.79 Å². The number of rotatable bonds is 2. The zero-order valence-corrected chi connectivity index (χ0v) is 5.23. The van der Waals surface area contributed by atoms with E-state index in [1.54, 1.807) is 0 Å². The Morgan fingerprint density at radius 3 is 1.67 bits per heavy atom. The van der Waals surface area contributed by atoms with Gasteiger partial charge in [0.1, 0.15) is 0 Å². The number of aliphatic carboxylic acids is 1. The van der Waals surface area contributed by atoms with Gasteiger partial charge in [0, 0.05) is 0 Å². The maximum Gasteiger partial charge on any atom is 0.456 e. The number of aliphatic hydroxyl groups excluding tert-OH is 1. The van der Waals surface area contributed by atoms with E-state index < -0.39 is 24.2 Å². The van der Waals surface area contributed by atoms with Gasteiger partial charge in [-0.3, -0.25) is 0 Å². The number of carboxylic acids is 1. The number of alkyl halides is 5. The van der Waals surface area contributed by atoms with Crippen molar-refractivity contribution in [2.75, 3.05) is 0 Å². The quantitative estimate of drug-likeness (QED) is 0.589. The highest BCUT2D eigenvalue weighted by Crippen LogP contribution is 2.37. The van der Waals surface area contributed by atoms with Crippen molar-refractivity contribution in [2.24, 2.45) is 0 Å². The van der Waals surface area contributed by atoms with Crippen LogP contribution < -0.4 is 5.11 Å². The summed E-state index contributed by atoms with van der Waals surface area (Å²) in [5.74, 6) is -8.57. The molecule has 0 bridgehead atoms. The number of aliphatic hydroxyl groups is 1. The summed E-state index contributed by atoms with van der Waals surface area (Å²) in [6.45, 7) is 0. The summed E-state index contributed by atoms with van der Waals surface area (Å²) in [6, 6.07) is 0. The van der Waals surface area contributed by atoms with E-state index in [-0.39, 0.29) is 0 Å². The summed E-state index contributed by atoms with van der Waals surface area (Å²) < 4.78 is 57.3. The molecule has 0 radical (unpaired) electrons. The zero-order valence-electron chi connectivity index (χ0n) is 5.23. The van der Waals surface area contributed by atoms with E-state index in [2.05, 4.69) is 0 Å². The second-order valence-electron chi connectivity index (χ2n) is 1.84. The van der Waals surface area contributed by atoms with Gasteiger partial charge in [-0.15, -0.1) is 0 Å². The molecule has 0 spiro atoms. The highest BCUT2D eigenvalue weighted by atomic mass is 19.4. The van der Waals surface area contributed by atoms with Gasteiger partial charge in [-0.25, -0.2) is 0 Å². The second-order valence-corrected chi connectivity index (χ2v) is 1.84. The molecule has 0 aliphatic rings. The summed E-state index contributed by atoms with van der Waals surface area (Å²) in [5.41, 5.74) is 0. The Morgan fingerprint density at radius 2 is 1.58 bits per heavy atom. The average molecular weight is 193 g/mol. The van der Waals surface area contributed by atoms with Crippen LogP contribution in [0.3, 0.4) is 0 Å². The molecule has 72 valence electrons. The van der Waals surface area contributed by atoms with Crippen LogP contribution in [0.1, 0.15) is 0 Å². The van der Waals surface area contributed by atoms with Crippen molar-refractivity contribution in [2.45, 2.75) is 18.2 Å². The first kappa shape index (κ1) is 11.1. The Bertz CT molecular complexity index is 186. The normalized spacial score (nSPS) is 15.8. The van der Waals surface area contributed by atoms with Gasteiger partial charge >= 0.3 is 12.1 Å². The molecule has 0 aliphatic heterocycles. The molecule has 0 aliphatic carbocycles. The lowest BCUT2D eigenvalue weighted by atomic mass is 10.2. The van der Waals surface area contributed by atoms with E-state index in [1.807, 2.05) is 0 Å². The molecule has 0 saturated heterocycles. The van der Waals surface area contributed by atoms with Crippen molar-refractivity contribution < 1.29 is 37.0 Å². The number of halogens is 5. The molecule has 12 heavy (non-hydrogen) atoms. The van der Waals surface area contributed by atoms with Gasteiger partial charge in [0.2, 0.25) is 0 Å². The molecule has 0 aromatic carbocycles. The van der Waals surface area contributed by atoms with Crippen molar-refractivity contribution in [1.29, 1.82) is 0 Å². The number of carbonyl (C=O) groups is 1. The van der Waals surface area contributed by atoms with Gasteiger partial charge in [-0.1, -0.05) is 0 Å². The minimum Gasteiger partial charge on any atom is -0.547 e. The Hall–Kier alpha value is -0.920. The van der Waals surface area contributed by atoms with Crippen LogP contribution in [0, 0.1) is 0 Å². The number of hydrogen-bond donors (Lipinski definition) is 1. The molecule has 0 heterocycles. The maximum absolute atomic E-state index is 11.8. The van der Waals surface area contributed by atoms with E-state index in [0.717, 1.165) is 0 Å². The molecule has 0 rings (SSSR count). The predicted molar refractivity (Wildman–Crippen MR) is 22.0 cm³/mol. The molecule has 0 aromatic rings. The monoisotopic (exact) mass is 193 g/mol. The molecule has 1 atom stereocenters. The molecule has 1 N–H and O–H groups in total. The van der Waals surface area contributed by atoms with Gasteiger partial charge in [0.15, 0.2) is 6.10 Å². The lowest BCUT2D eigenvalue weighted by Gasteiger charge is -2.24. The van der Waals surface area contributed by atoms with Crippen molar-refractivity contribution in [3.63, 3.8) is 0 Å². The van der Waals surface area contributed by atoms with Gasteiger partial charge in [0.25, 0.3) is 0 Å². The summed E-state index contributed by atoms with van der Waals surface area (Å²) in [4.78, 5) is 9.45. The number of carbonyl (C=O) groups excluding carboxylic acids is 1. The minimum absolute atomic E-state index is 2.88. The number of carboxylic acid groups (broad SMARTS) is 1. The van der Waals surface area contributed by atoms with Crippen molar-refractivity contribution >= 4 is 5.97 Å². The number of hydrogen-bond acceptors (Lipinski definition) is 3. The largest absolute Gasteiger partial charge is 0.547 e. The third kappa shape index (κ3) is 1.81. The van der Waals surface area contributed by atoms with E-state index in [0.29, 0.717) is 0 Å². The Morgan fingerprint density at radius 1 is 1.25 bits per heavy atom. The van der Waals surface area contributed by atoms with E-state index in [4.69, 9.17) is 5.11 Å². The van der Waals surface area contributed by atoms with Gasteiger partial charge in [0.05, 0.1) is 5.97 Å². The molecular weight excluding hydrogens is 191 g/mol. The lowest BCUT2D eigenvalue weighted by molar-refractivity contribution is -0.353. The van der Waals surface area contributed by atoms with Gasteiger partial charge in [-0.05, 0) is 0 Å². The van der Waals surface area contributed by atoms with E-state index >= 15 is 0 Å². The zero-order chi connectivity index (χ0) is 10.2. The minimum atomic E-state index is -6.10. The topological polar surface area (TPSA) is 60.4 Å². The van der Waals surface area contributed by atoms with Crippen LogP contribution in [0.15, 0.2) is 0 Å². The summed E-state index contributed by atoms with van der Waals surface area (Å²) >= 11 is 0. The van der Waals surface area contributed by atoms with E-state index in [1.165, 1.54) is 0 Å². The van der Waals surface area contributed by atoms with Gasteiger partial charge in [-0.2, -0.15) is 22.0 Å². The molecule has 8 heteroatoms. The average Bonchev–Trinajstić information content (AvgIpc) is 1.83. The van der Waals surface area contributed by atoms with Crippen LogP contribution in [0.2, 0.25) is 0 Å². The molecule has 0 amide bonds. The van der Waals surface area contributed by atoms with Crippen molar-refractivity contribution in [3.8, 4) is 0 Å². The predicted octanol–water partition coefficient (Wildman–Crippen LogP) is -0.705. The smallest absolute Gasteiger partial charge is 0.456 e. The standard InChI is InChI=1S/C4H3F5O3/c5-3(6,4(7,8)9)1(10)2(11)12/h1,10H,(H,11,12)/p-1. The Labute approximate surface area is 62.4 Å². The summed E-state index contributed by atoms with van der Waals surface area (Å²) in [7, 11) is 0. The first-order valence-corrected chi connectivity index (χ1v) is 2.44. The Kier molecular flexibility index (Phi) is 2.63. The molecular formula is C4H2F5O3-. The Balaban J connectivity index is 4.73. The van der Waals surface area contributed by atoms with Crippen LogP contribution in [-0.4, -0.2) is 29.3 Å². The van der Waals surface area contributed by atoms with Crippen molar-refractivity contribution in [1.82, 2.24) is 0 Å². The van der Waals surface area contributed by atoms with Gasteiger partial charge < -0.3 is 15.0 Å². The summed E-state index contributed by atoms with van der Waals surface area (Å²) in [6.07, 6.45) is -9.98. The van der Waals surface area contributed by atoms with E-state index in [9.17, 15) is 31.9 Å². The molecule has 0 saturated carbocycles. The van der Waals surface area contributed by atoms with Crippen LogP contribution in [0.4, 0.5) is 22.0 Å². The molecule has 3 nitrogen and oxygen atoms in total. The summed E-state index contributed by atoms with van der Waals surface area (Å²) in [5, 5.41) is 17.3. The fourth-order valence-electron chi connectivity index (χ4n) is 0.303. The SMILES string of the molecule is O=C([O-])C(O)C(F)(F)C(F)(F)F. The fraction of sp³-hybridized carbons (Fsp3) is 0.750. The van der Waals surface area contributed by atoms with Crippen LogP contribution in [0.5, 0.6) is 0 Å². The molecule has 0 fully saturated rings. The molecule has 0 aromatic heterocycles. The second kappa shape index (κ2) is 2.85. The first-order chi connectivity index (χ1) is 5.10. The highest BCUT2D eigenvalue weighted by molar-refractivity contribution is 5.71. The highest BCUT2D eigenvalue weighted by Gasteiger charge is 2.62. The van der Waals surface area contributed by atoms with Crippen LogP contribution >= 0.6 is 0 Å². The lowest BCUT2D eigenvalue weighted by Crippen LogP contribution is -2.55. The van der Waals surface area contributed by atoms with Crippen molar-refractivity contribution in [3.05, 3.63) is 0 Å². The third-order valence-electron chi connectivity index (χ3n) is 0.945. The third-order valence-corrected chi connectivity index (χ3v) is 0.945. The van der Waals surface area contributed by atoms with Crippen LogP contribution in [0.25, 0.3) is 0 Å².